The molecule has 14 heavy (non-hydrogen) atoms. The number of aliphatic hydroxyl groups is 1. The van der Waals surface area contributed by atoms with Crippen LogP contribution in [0.1, 0.15) is 25.0 Å². The second kappa shape index (κ2) is 5.91. The molecule has 78 valence electrons. The molecule has 0 aromatic heterocycles. The summed E-state index contributed by atoms with van der Waals surface area (Å²) in [6, 6.07) is 5.40. The molecule has 0 bridgehead atoms. The molecule has 0 atom stereocenters. The molecule has 3 nitrogen and oxygen atoms in total. The Labute approximate surface area is 85.0 Å². The van der Waals surface area contributed by atoms with E-state index in [4.69, 9.17) is 11.5 Å². The Morgan fingerprint density at radius 1 is 1.36 bits per heavy atom. The summed E-state index contributed by atoms with van der Waals surface area (Å²) in [6.45, 7) is 5.92. The molecular weight excluding hydrogens is 176 g/mol. The number of hydrogen-bond donors (Lipinski definition) is 3. The van der Waals surface area contributed by atoms with Gasteiger partial charge in [0.15, 0.2) is 0 Å². The zero-order valence-corrected chi connectivity index (χ0v) is 8.91. The number of aliphatic hydroxyl groups excluding tert-OH is 1. The van der Waals surface area contributed by atoms with E-state index in [0.29, 0.717) is 11.3 Å². The maximum atomic E-state index is 9.29. The molecule has 0 amide bonds. The van der Waals surface area contributed by atoms with Gasteiger partial charge in [0.25, 0.3) is 0 Å². The SMILES string of the molecule is CC.Cc1ccc(N)c(/C(O)=C\N)c1. The minimum absolute atomic E-state index is 0.0104. The van der Waals surface area contributed by atoms with E-state index in [9.17, 15) is 5.11 Å². The lowest BCUT2D eigenvalue weighted by atomic mass is 10.1. The van der Waals surface area contributed by atoms with Crippen molar-refractivity contribution in [1.29, 1.82) is 0 Å². The topological polar surface area (TPSA) is 72.3 Å². The van der Waals surface area contributed by atoms with Crippen molar-refractivity contribution in [3.05, 3.63) is 35.5 Å². The maximum absolute atomic E-state index is 9.29. The zero-order chi connectivity index (χ0) is 11.1. The van der Waals surface area contributed by atoms with Crippen molar-refractivity contribution >= 4 is 11.4 Å². The Hall–Kier alpha value is -1.64. The molecule has 5 N–H and O–H groups in total. The van der Waals surface area contributed by atoms with Gasteiger partial charge in [-0.2, -0.15) is 0 Å². The van der Waals surface area contributed by atoms with Crippen LogP contribution in [0, 0.1) is 6.92 Å². The predicted octanol–water partition coefficient (Wildman–Crippen LogP) is 2.42. The van der Waals surface area contributed by atoms with Crippen molar-refractivity contribution in [3.8, 4) is 0 Å². The summed E-state index contributed by atoms with van der Waals surface area (Å²) >= 11 is 0. The van der Waals surface area contributed by atoms with E-state index >= 15 is 0 Å². The van der Waals surface area contributed by atoms with Gasteiger partial charge >= 0.3 is 0 Å². The lowest BCUT2D eigenvalue weighted by molar-refractivity contribution is 0.510. The Morgan fingerprint density at radius 2 is 1.93 bits per heavy atom. The number of hydrogen-bond acceptors (Lipinski definition) is 3. The first-order valence-electron chi connectivity index (χ1n) is 4.62. The summed E-state index contributed by atoms with van der Waals surface area (Å²) in [5.74, 6) is 0.0104. The van der Waals surface area contributed by atoms with Crippen molar-refractivity contribution in [1.82, 2.24) is 0 Å². The first kappa shape index (κ1) is 12.4. The lowest BCUT2D eigenvalue weighted by Crippen LogP contribution is -1.95. The van der Waals surface area contributed by atoms with Crippen LogP contribution in [0.25, 0.3) is 5.76 Å². The fourth-order valence-electron chi connectivity index (χ4n) is 0.982. The molecule has 0 heterocycles. The highest BCUT2D eigenvalue weighted by atomic mass is 16.3. The second-order valence-corrected chi connectivity index (χ2v) is 2.64. The smallest absolute Gasteiger partial charge is 0.140 e. The van der Waals surface area contributed by atoms with Gasteiger partial charge in [0, 0.05) is 17.5 Å². The zero-order valence-electron chi connectivity index (χ0n) is 8.91. The van der Waals surface area contributed by atoms with Crippen LogP contribution < -0.4 is 11.5 Å². The van der Waals surface area contributed by atoms with Gasteiger partial charge in [0.1, 0.15) is 5.76 Å². The van der Waals surface area contributed by atoms with Gasteiger partial charge in [-0.3, -0.25) is 0 Å². The molecule has 3 heteroatoms. The Morgan fingerprint density at radius 3 is 2.43 bits per heavy atom. The van der Waals surface area contributed by atoms with Gasteiger partial charge in [-0.1, -0.05) is 25.5 Å². The molecule has 0 saturated heterocycles. The van der Waals surface area contributed by atoms with Crippen molar-refractivity contribution < 1.29 is 5.11 Å². The third kappa shape index (κ3) is 3.01. The maximum Gasteiger partial charge on any atom is 0.140 e. The largest absolute Gasteiger partial charge is 0.506 e. The summed E-state index contributed by atoms with van der Waals surface area (Å²) in [5.41, 5.74) is 12.9. The normalized spacial score (nSPS) is 10.4. The van der Waals surface area contributed by atoms with Crippen LogP contribution in [0.15, 0.2) is 24.4 Å². The molecule has 0 aliphatic heterocycles. The van der Waals surface area contributed by atoms with Crippen molar-refractivity contribution in [2.24, 2.45) is 5.73 Å². The van der Waals surface area contributed by atoms with Crippen molar-refractivity contribution in [3.63, 3.8) is 0 Å². The van der Waals surface area contributed by atoms with E-state index in [1.165, 1.54) is 0 Å². The Kier molecular flexibility index (Phi) is 5.22. The van der Waals surface area contributed by atoms with E-state index < -0.39 is 0 Å². The fraction of sp³-hybridized carbons (Fsp3) is 0.273. The molecule has 0 aliphatic carbocycles. The molecule has 0 aliphatic rings. The fourth-order valence-corrected chi connectivity index (χ4v) is 0.982. The third-order valence-electron chi connectivity index (χ3n) is 1.64. The molecule has 1 aromatic carbocycles. The van der Waals surface area contributed by atoms with Crippen LogP contribution >= 0.6 is 0 Å². The lowest BCUT2D eigenvalue weighted by Gasteiger charge is -2.04. The minimum atomic E-state index is 0.0104. The highest BCUT2D eigenvalue weighted by Crippen LogP contribution is 2.19. The number of aryl methyl sites for hydroxylation is 1. The van der Waals surface area contributed by atoms with Crippen LogP contribution in [0.2, 0.25) is 0 Å². The molecule has 0 unspecified atom stereocenters. The van der Waals surface area contributed by atoms with E-state index in [1.807, 2.05) is 26.8 Å². The van der Waals surface area contributed by atoms with Crippen LogP contribution in [0.4, 0.5) is 5.69 Å². The van der Waals surface area contributed by atoms with E-state index in [-0.39, 0.29) is 5.76 Å². The highest BCUT2D eigenvalue weighted by Gasteiger charge is 2.02. The van der Waals surface area contributed by atoms with E-state index in [0.717, 1.165) is 11.8 Å². The summed E-state index contributed by atoms with van der Waals surface area (Å²) in [7, 11) is 0. The third-order valence-corrected chi connectivity index (χ3v) is 1.64. The molecule has 1 rings (SSSR count). The standard InChI is InChI=1S/C9H12N2O.C2H6/c1-6-2-3-8(11)7(4-6)9(12)5-10;1-2/h2-5,12H,10-11H2,1H3;1-2H3/b9-5+;. The first-order valence-corrected chi connectivity index (χ1v) is 4.62. The number of benzene rings is 1. The minimum Gasteiger partial charge on any atom is -0.506 e. The summed E-state index contributed by atoms with van der Waals surface area (Å²) in [6.07, 6.45) is 1.13. The Balaban J connectivity index is 0.000000791. The predicted molar refractivity (Wildman–Crippen MR) is 61.7 cm³/mol. The molecule has 0 saturated carbocycles. The quantitative estimate of drug-likeness (QED) is 0.475. The van der Waals surface area contributed by atoms with Gasteiger partial charge in [-0.25, -0.2) is 0 Å². The van der Waals surface area contributed by atoms with Gasteiger partial charge < -0.3 is 16.6 Å². The molecule has 0 spiro atoms. The summed E-state index contributed by atoms with van der Waals surface area (Å²) in [4.78, 5) is 0. The highest BCUT2D eigenvalue weighted by molar-refractivity contribution is 5.70. The van der Waals surface area contributed by atoms with Gasteiger partial charge in [-0.15, -0.1) is 0 Å². The van der Waals surface area contributed by atoms with Gasteiger partial charge in [-0.05, 0) is 19.1 Å². The molecule has 1 aromatic rings. The number of rotatable bonds is 1. The number of anilines is 1. The first-order chi connectivity index (χ1) is 6.65. The average Bonchev–Trinajstić information content (AvgIpc) is 2.23. The van der Waals surface area contributed by atoms with Crippen LogP contribution in [-0.2, 0) is 0 Å². The van der Waals surface area contributed by atoms with Gasteiger partial charge in [0.2, 0.25) is 0 Å². The number of nitrogens with two attached hydrogens (primary N) is 2. The monoisotopic (exact) mass is 194 g/mol. The molecular formula is C11H18N2O. The van der Waals surface area contributed by atoms with Gasteiger partial charge in [0.05, 0.1) is 0 Å². The average molecular weight is 194 g/mol. The van der Waals surface area contributed by atoms with Crippen LogP contribution in [0.5, 0.6) is 0 Å². The van der Waals surface area contributed by atoms with Crippen molar-refractivity contribution in [2.75, 3.05) is 5.73 Å². The van der Waals surface area contributed by atoms with Crippen LogP contribution in [0.3, 0.4) is 0 Å². The van der Waals surface area contributed by atoms with E-state index in [2.05, 4.69) is 0 Å². The van der Waals surface area contributed by atoms with Crippen molar-refractivity contribution in [2.45, 2.75) is 20.8 Å². The van der Waals surface area contributed by atoms with Crippen LogP contribution in [-0.4, -0.2) is 5.11 Å². The second-order valence-electron chi connectivity index (χ2n) is 2.64. The molecule has 0 radical (unpaired) electrons. The Bertz CT molecular complexity index is 319. The summed E-state index contributed by atoms with van der Waals surface area (Å²) < 4.78 is 0. The number of nitrogen functional groups attached to an aromatic ring is 1. The van der Waals surface area contributed by atoms with E-state index in [1.54, 1.807) is 12.1 Å². The summed E-state index contributed by atoms with van der Waals surface area (Å²) in [5, 5.41) is 9.29. The molecule has 0 fully saturated rings.